The minimum absolute atomic E-state index is 0.473. The molecule has 0 amide bonds. The molecule has 0 fully saturated rings. The monoisotopic (exact) mass is 857 g/mol. The van der Waals surface area contributed by atoms with E-state index < -0.39 is 0 Å². The summed E-state index contributed by atoms with van der Waals surface area (Å²) in [6, 6.07) is 15.3. The zero-order valence-corrected chi connectivity index (χ0v) is 39.3. The van der Waals surface area contributed by atoms with Crippen molar-refractivity contribution >= 4 is 0 Å². The van der Waals surface area contributed by atoms with Crippen molar-refractivity contribution in [1.82, 2.24) is 0 Å². The van der Waals surface area contributed by atoms with Gasteiger partial charge >= 0.3 is 0 Å². The third-order valence-electron chi connectivity index (χ3n) is 7.70. The molecule has 2 aromatic rings. The van der Waals surface area contributed by atoms with Gasteiger partial charge in [-0.05, 0) is 49.9 Å². The van der Waals surface area contributed by atoms with Crippen LogP contribution in [0.1, 0.15) is 107 Å². The van der Waals surface area contributed by atoms with E-state index >= 15 is 0 Å². The fourth-order valence-corrected chi connectivity index (χ4v) is 4.49. The Morgan fingerprint density at radius 3 is 0.600 bits per heavy atom. The molecule has 12 heteroatoms. The molecule has 0 atom stereocenters. The quantitative estimate of drug-likeness (QED) is 0.0595. The Hall–Kier alpha value is -2.68. The normalized spacial score (nSPS) is 10.4. The van der Waals surface area contributed by atoms with Crippen molar-refractivity contribution in [1.29, 1.82) is 0 Å². The summed E-state index contributed by atoms with van der Waals surface area (Å²) in [6.45, 7) is 28.6. The largest absolute Gasteiger partial charge is 0.487 e. The first-order valence-electron chi connectivity index (χ1n) is 23.1. The lowest BCUT2D eigenvalue weighted by atomic mass is 10.3. The average Bonchev–Trinajstić information content (AvgIpc) is 3.29. The van der Waals surface area contributed by atoms with E-state index in [9.17, 15) is 0 Å². The van der Waals surface area contributed by atoms with Crippen LogP contribution in [0.25, 0.3) is 0 Å². The number of hydrogen-bond donors (Lipinski definition) is 0. The molecular formula is C48H88O12. The molecule has 12 nitrogen and oxygen atoms in total. The predicted octanol–water partition coefficient (Wildman–Crippen LogP) is 10.3. The van der Waals surface area contributed by atoms with E-state index in [2.05, 4.69) is 27.7 Å². The van der Waals surface area contributed by atoms with Crippen molar-refractivity contribution in [3.05, 3.63) is 48.5 Å². The van der Waals surface area contributed by atoms with Gasteiger partial charge in [-0.25, -0.2) is 0 Å². The first-order valence-corrected chi connectivity index (χ1v) is 23.1. The molecule has 0 N–H and O–H groups in total. The molecule has 0 unspecified atom stereocenters. The Kier molecular flexibility index (Phi) is 51.9. The zero-order chi connectivity index (χ0) is 44.3. The topological polar surface area (TPSA) is 111 Å². The number of ether oxygens (including phenoxy) is 12. The maximum Gasteiger partial charge on any atom is 0.161 e. The Labute approximate surface area is 366 Å². The van der Waals surface area contributed by atoms with Gasteiger partial charge in [0, 0.05) is 26.4 Å². The maximum absolute atomic E-state index is 5.76. The second kappa shape index (κ2) is 52.5. The maximum atomic E-state index is 5.76. The Bertz CT molecular complexity index is 912. The van der Waals surface area contributed by atoms with Gasteiger partial charge in [0.25, 0.3) is 0 Å². The lowest BCUT2D eigenvalue weighted by Crippen LogP contribution is -2.13. The third kappa shape index (κ3) is 40.7. The number of unbranched alkanes of at least 4 members (excludes halogenated alkanes) is 4. The molecule has 0 saturated carbocycles. The van der Waals surface area contributed by atoms with E-state index in [1.54, 1.807) is 0 Å². The van der Waals surface area contributed by atoms with Crippen LogP contribution in [0.15, 0.2) is 48.5 Å². The molecule has 60 heavy (non-hydrogen) atoms. The van der Waals surface area contributed by atoms with Crippen molar-refractivity contribution in [3.63, 3.8) is 0 Å². The standard InChI is InChI=1S/2C22H38O6.2C2H6/c2*1-3-5-11-23-13-15-25-17-19-27-21-9-7-8-10-22(21)28-20-18-26-16-14-24-12-6-4-2;2*1-2/h2*7-10H,3-6,11-20H2,1-2H3;2*1-2H3. The van der Waals surface area contributed by atoms with Gasteiger partial charge in [0.05, 0.1) is 79.3 Å². The van der Waals surface area contributed by atoms with Crippen molar-refractivity contribution in [2.24, 2.45) is 0 Å². The van der Waals surface area contributed by atoms with Crippen LogP contribution in [0.2, 0.25) is 0 Å². The van der Waals surface area contributed by atoms with E-state index in [1.165, 1.54) is 0 Å². The van der Waals surface area contributed by atoms with Crippen LogP contribution in [0, 0.1) is 0 Å². The molecule has 0 aliphatic heterocycles. The Morgan fingerprint density at radius 1 is 0.250 bits per heavy atom. The van der Waals surface area contributed by atoms with Gasteiger partial charge in [0.2, 0.25) is 0 Å². The molecular weight excluding hydrogens is 769 g/mol. The zero-order valence-electron chi connectivity index (χ0n) is 39.3. The molecule has 2 rings (SSSR count). The van der Waals surface area contributed by atoms with Gasteiger partial charge in [0.1, 0.15) is 26.4 Å². The van der Waals surface area contributed by atoms with E-state index in [4.69, 9.17) is 56.8 Å². The number of benzene rings is 2. The summed E-state index contributed by atoms with van der Waals surface area (Å²) in [5.41, 5.74) is 0. The summed E-state index contributed by atoms with van der Waals surface area (Å²) in [6.07, 6.45) is 8.97. The molecule has 0 aliphatic carbocycles. The van der Waals surface area contributed by atoms with Crippen LogP contribution >= 0.6 is 0 Å². The molecule has 0 bridgehead atoms. The molecule has 0 saturated heterocycles. The Balaban J connectivity index is 0. The average molecular weight is 857 g/mol. The number of hydrogen-bond acceptors (Lipinski definition) is 12. The summed E-state index contributed by atoms with van der Waals surface area (Å²) in [4.78, 5) is 0. The van der Waals surface area contributed by atoms with Gasteiger partial charge in [-0.3, -0.25) is 0 Å². The SMILES string of the molecule is CC.CC.CCCCOCCOCCOc1ccccc1OCCOCCOCCCC.CCCCOCCOCCOc1ccccc1OCCOCCOCCCC. The molecule has 0 aliphatic rings. The van der Waals surface area contributed by atoms with Crippen LogP contribution in [0.3, 0.4) is 0 Å². The molecule has 0 aromatic heterocycles. The number of para-hydroxylation sites is 4. The van der Waals surface area contributed by atoms with E-state index in [0.29, 0.717) is 129 Å². The molecule has 2 aromatic carbocycles. The van der Waals surface area contributed by atoms with Gasteiger partial charge in [0.15, 0.2) is 23.0 Å². The second-order valence-electron chi connectivity index (χ2n) is 12.6. The van der Waals surface area contributed by atoms with Gasteiger partial charge in [-0.2, -0.15) is 0 Å². The lowest BCUT2D eigenvalue weighted by molar-refractivity contribution is 0.0324. The van der Waals surface area contributed by atoms with Crippen molar-refractivity contribution in [3.8, 4) is 23.0 Å². The molecule has 352 valence electrons. The van der Waals surface area contributed by atoms with E-state index in [1.807, 2.05) is 76.2 Å². The highest BCUT2D eigenvalue weighted by molar-refractivity contribution is 5.40. The summed E-state index contributed by atoms with van der Waals surface area (Å²) in [5, 5.41) is 0. The molecule has 0 spiro atoms. The lowest BCUT2D eigenvalue weighted by Gasteiger charge is -2.13. The van der Waals surface area contributed by atoms with Crippen molar-refractivity contribution in [2.45, 2.75) is 107 Å². The van der Waals surface area contributed by atoms with E-state index in [0.717, 1.165) is 77.8 Å². The molecule has 0 radical (unpaired) electrons. The van der Waals surface area contributed by atoms with Gasteiger partial charge < -0.3 is 56.8 Å². The van der Waals surface area contributed by atoms with Gasteiger partial charge in [-0.1, -0.05) is 105 Å². The second-order valence-corrected chi connectivity index (χ2v) is 12.6. The fourth-order valence-electron chi connectivity index (χ4n) is 4.49. The van der Waals surface area contributed by atoms with Crippen LogP contribution in [-0.2, 0) is 37.9 Å². The van der Waals surface area contributed by atoms with Gasteiger partial charge in [-0.15, -0.1) is 0 Å². The first-order chi connectivity index (χ1) is 29.8. The summed E-state index contributed by atoms with van der Waals surface area (Å²) in [7, 11) is 0. The highest BCUT2D eigenvalue weighted by Crippen LogP contribution is 2.27. The summed E-state index contributed by atoms with van der Waals surface area (Å²) in [5.74, 6) is 2.86. The first kappa shape index (κ1) is 59.4. The van der Waals surface area contributed by atoms with Crippen LogP contribution < -0.4 is 18.9 Å². The van der Waals surface area contributed by atoms with Crippen LogP contribution in [-0.4, -0.2) is 132 Å². The minimum atomic E-state index is 0.473. The fraction of sp³-hybridized carbons (Fsp3) is 0.750. The predicted molar refractivity (Wildman–Crippen MR) is 244 cm³/mol. The smallest absolute Gasteiger partial charge is 0.161 e. The van der Waals surface area contributed by atoms with Crippen molar-refractivity contribution in [2.75, 3.05) is 132 Å². The Morgan fingerprint density at radius 2 is 0.417 bits per heavy atom. The summed E-state index contributed by atoms with van der Waals surface area (Å²) < 4.78 is 66.9. The molecule has 0 heterocycles. The third-order valence-corrected chi connectivity index (χ3v) is 7.70. The van der Waals surface area contributed by atoms with E-state index in [-0.39, 0.29) is 0 Å². The van der Waals surface area contributed by atoms with Crippen molar-refractivity contribution < 1.29 is 56.8 Å². The highest BCUT2D eigenvalue weighted by Gasteiger charge is 2.06. The van der Waals surface area contributed by atoms with Crippen LogP contribution in [0.5, 0.6) is 23.0 Å². The minimum Gasteiger partial charge on any atom is -0.487 e. The summed E-state index contributed by atoms with van der Waals surface area (Å²) >= 11 is 0. The number of rotatable bonds is 40. The van der Waals surface area contributed by atoms with Crippen LogP contribution in [0.4, 0.5) is 0 Å². The highest BCUT2D eigenvalue weighted by atomic mass is 16.6.